The van der Waals surface area contributed by atoms with Gasteiger partial charge in [0.2, 0.25) is 0 Å². The van der Waals surface area contributed by atoms with Crippen LogP contribution in [0.5, 0.6) is 11.5 Å². The molecule has 1 spiro atoms. The smallest absolute Gasteiger partial charge is 0.321 e. The van der Waals surface area contributed by atoms with Crippen LogP contribution in [0.1, 0.15) is 44.3 Å². The molecule has 2 aromatic rings. The van der Waals surface area contributed by atoms with E-state index in [0.717, 1.165) is 31.8 Å². The lowest BCUT2D eigenvalue weighted by Crippen LogP contribution is -2.34. The normalized spacial score (nSPS) is 20.2. The number of aryl methyl sites for hydroxylation is 1. The second kappa shape index (κ2) is 7.93. The number of likely N-dealkylation sites (tertiary alicyclic amines) is 1. The Morgan fingerprint density at radius 1 is 1.28 bits per heavy atom. The molecule has 8 nitrogen and oxygen atoms in total. The number of hydrogen-bond donors (Lipinski definition) is 1. The Balaban J connectivity index is 1.57. The summed E-state index contributed by atoms with van der Waals surface area (Å²) in [6, 6.07) is 5.27. The molecule has 156 valence electrons. The third-order valence-corrected chi connectivity index (χ3v) is 6.48. The highest BCUT2D eigenvalue weighted by Crippen LogP contribution is 2.53. The first kappa shape index (κ1) is 19.5. The van der Waals surface area contributed by atoms with Crippen LogP contribution < -0.4 is 14.8 Å². The third-order valence-electron chi connectivity index (χ3n) is 6.48. The zero-order chi connectivity index (χ0) is 20.4. The number of urea groups is 1. The van der Waals surface area contributed by atoms with Crippen LogP contribution in [0.15, 0.2) is 24.5 Å². The van der Waals surface area contributed by atoms with Crippen LogP contribution in [0.25, 0.3) is 0 Å². The summed E-state index contributed by atoms with van der Waals surface area (Å²) in [6.07, 6.45) is 6.45. The molecule has 1 aliphatic heterocycles. The van der Waals surface area contributed by atoms with Crippen molar-refractivity contribution >= 4 is 11.7 Å². The minimum absolute atomic E-state index is 0.0930. The first-order chi connectivity index (χ1) is 14.1. The molecule has 1 saturated heterocycles. The summed E-state index contributed by atoms with van der Waals surface area (Å²) in [6.45, 7) is 4.33. The van der Waals surface area contributed by atoms with Gasteiger partial charge < -0.3 is 24.3 Å². The van der Waals surface area contributed by atoms with Crippen LogP contribution in [-0.4, -0.2) is 53.0 Å². The highest BCUT2D eigenvalue weighted by Gasteiger charge is 2.51. The number of nitrogens with one attached hydrogen (secondary N) is 1. The Morgan fingerprint density at radius 3 is 2.76 bits per heavy atom. The van der Waals surface area contributed by atoms with Gasteiger partial charge in [0.15, 0.2) is 0 Å². The zero-order valence-corrected chi connectivity index (χ0v) is 17.4. The van der Waals surface area contributed by atoms with Crippen molar-refractivity contribution in [1.29, 1.82) is 0 Å². The summed E-state index contributed by atoms with van der Waals surface area (Å²) in [4.78, 5) is 15.1. The highest BCUT2D eigenvalue weighted by molar-refractivity contribution is 5.91. The van der Waals surface area contributed by atoms with Gasteiger partial charge in [0.05, 0.1) is 19.9 Å². The van der Waals surface area contributed by atoms with Gasteiger partial charge in [-0.1, -0.05) is 12.8 Å². The lowest BCUT2D eigenvalue weighted by molar-refractivity contribution is 0.212. The van der Waals surface area contributed by atoms with Crippen molar-refractivity contribution < 1.29 is 14.3 Å². The molecule has 1 atom stereocenters. The molecule has 1 saturated carbocycles. The molecule has 29 heavy (non-hydrogen) atoms. The second-order valence-electron chi connectivity index (χ2n) is 7.97. The molecule has 2 amide bonds. The van der Waals surface area contributed by atoms with E-state index < -0.39 is 0 Å². The number of amides is 2. The van der Waals surface area contributed by atoms with Gasteiger partial charge in [0, 0.05) is 31.6 Å². The molecule has 1 unspecified atom stereocenters. The summed E-state index contributed by atoms with van der Waals surface area (Å²) in [5.41, 5.74) is 0.702. The first-order valence-corrected chi connectivity index (χ1v) is 10.3. The predicted molar refractivity (Wildman–Crippen MR) is 109 cm³/mol. The van der Waals surface area contributed by atoms with Crippen LogP contribution >= 0.6 is 0 Å². The Morgan fingerprint density at radius 2 is 2.07 bits per heavy atom. The Labute approximate surface area is 171 Å². The van der Waals surface area contributed by atoms with Crippen LogP contribution in [0.4, 0.5) is 10.5 Å². The molecule has 2 heterocycles. The maximum absolute atomic E-state index is 13.2. The molecule has 1 aliphatic carbocycles. The predicted octanol–water partition coefficient (Wildman–Crippen LogP) is 3.51. The molecular formula is C21H29N5O3. The van der Waals surface area contributed by atoms with Gasteiger partial charge >= 0.3 is 6.03 Å². The summed E-state index contributed by atoms with van der Waals surface area (Å²) in [5.74, 6) is 2.49. The summed E-state index contributed by atoms with van der Waals surface area (Å²) >= 11 is 0. The average Bonchev–Trinajstić information content (AvgIpc) is 3.48. The Bertz CT molecular complexity index is 875. The van der Waals surface area contributed by atoms with Crippen molar-refractivity contribution in [3.8, 4) is 11.5 Å². The maximum atomic E-state index is 13.2. The molecule has 2 fully saturated rings. The molecule has 2 aliphatic rings. The number of ether oxygens (including phenoxy) is 2. The number of nitrogens with zero attached hydrogens (tertiary/aromatic N) is 4. The minimum Gasteiger partial charge on any atom is -0.497 e. The molecule has 4 rings (SSSR count). The molecule has 1 aromatic heterocycles. The van der Waals surface area contributed by atoms with Crippen molar-refractivity contribution in [2.45, 2.75) is 45.1 Å². The van der Waals surface area contributed by atoms with Gasteiger partial charge in [-0.3, -0.25) is 0 Å². The number of aromatic nitrogens is 3. The topological polar surface area (TPSA) is 81.5 Å². The van der Waals surface area contributed by atoms with E-state index in [4.69, 9.17) is 9.47 Å². The SMILES string of the molecule is CCn1cnnc1C1CN(C(=O)Nc2cc(OC)ccc2OC)CC12CCCC2. The fraction of sp³-hybridized carbons (Fsp3) is 0.571. The minimum atomic E-state index is -0.118. The summed E-state index contributed by atoms with van der Waals surface area (Å²) in [7, 11) is 3.20. The third kappa shape index (κ3) is 3.52. The van der Waals surface area contributed by atoms with E-state index in [2.05, 4.69) is 27.0 Å². The van der Waals surface area contributed by atoms with Crippen molar-refractivity contribution in [2.24, 2.45) is 5.41 Å². The average molecular weight is 399 g/mol. The molecule has 1 aromatic carbocycles. The summed E-state index contributed by atoms with van der Waals surface area (Å²) < 4.78 is 12.8. The van der Waals surface area contributed by atoms with E-state index in [-0.39, 0.29) is 17.4 Å². The van der Waals surface area contributed by atoms with Crippen molar-refractivity contribution in [2.75, 3.05) is 32.6 Å². The number of methoxy groups -OCH3 is 2. The van der Waals surface area contributed by atoms with E-state index >= 15 is 0 Å². The molecule has 8 heteroatoms. The standard InChI is InChI=1S/C21H29N5O3/c1-4-25-14-22-24-19(25)16-12-26(13-21(16)9-5-6-10-21)20(27)23-17-11-15(28-2)7-8-18(17)29-3/h7-8,11,14,16H,4-6,9-10,12-13H2,1-3H3,(H,23,27). The quantitative estimate of drug-likeness (QED) is 0.832. The van der Waals surface area contributed by atoms with E-state index in [1.54, 1.807) is 32.7 Å². The first-order valence-electron chi connectivity index (χ1n) is 10.3. The number of rotatable bonds is 5. The molecule has 0 radical (unpaired) electrons. The van der Waals surface area contributed by atoms with Crippen LogP contribution in [-0.2, 0) is 6.54 Å². The van der Waals surface area contributed by atoms with Gasteiger partial charge in [-0.25, -0.2) is 4.79 Å². The van der Waals surface area contributed by atoms with Gasteiger partial charge in [0.1, 0.15) is 23.7 Å². The number of carbonyl (C=O) groups excluding carboxylic acids is 1. The second-order valence-corrected chi connectivity index (χ2v) is 7.97. The maximum Gasteiger partial charge on any atom is 0.321 e. The molecule has 1 N–H and O–H groups in total. The number of carbonyl (C=O) groups is 1. The van der Waals surface area contributed by atoms with Gasteiger partial charge in [-0.05, 0) is 37.3 Å². The van der Waals surface area contributed by atoms with Crippen molar-refractivity contribution in [3.63, 3.8) is 0 Å². The monoisotopic (exact) mass is 399 g/mol. The fourth-order valence-corrected chi connectivity index (χ4v) is 4.95. The Kier molecular flexibility index (Phi) is 5.34. The van der Waals surface area contributed by atoms with E-state index in [9.17, 15) is 4.79 Å². The van der Waals surface area contributed by atoms with E-state index in [1.807, 2.05) is 11.0 Å². The van der Waals surface area contributed by atoms with Gasteiger partial charge in [-0.15, -0.1) is 10.2 Å². The lowest BCUT2D eigenvalue weighted by atomic mass is 9.76. The van der Waals surface area contributed by atoms with Crippen LogP contribution in [0.2, 0.25) is 0 Å². The van der Waals surface area contributed by atoms with E-state index in [0.29, 0.717) is 23.7 Å². The van der Waals surface area contributed by atoms with Crippen molar-refractivity contribution in [1.82, 2.24) is 19.7 Å². The van der Waals surface area contributed by atoms with E-state index in [1.165, 1.54) is 12.8 Å². The van der Waals surface area contributed by atoms with Crippen LogP contribution in [0, 0.1) is 5.41 Å². The fourth-order valence-electron chi connectivity index (χ4n) is 4.95. The highest BCUT2D eigenvalue weighted by atomic mass is 16.5. The largest absolute Gasteiger partial charge is 0.497 e. The lowest BCUT2D eigenvalue weighted by Gasteiger charge is -2.29. The van der Waals surface area contributed by atoms with Gasteiger partial charge in [0.25, 0.3) is 0 Å². The number of benzene rings is 1. The number of hydrogen-bond acceptors (Lipinski definition) is 5. The van der Waals surface area contributed by atoms with Crippen LogP contribution in [0.3, 0.4) is 0 Å². The molecular weight excluding hydrogens is 370 g/mol. The summed E-state index contributed by atoms with van der Waals surface area (Å²) in [5, 5.41) is 11.6. The number of anilines is 1. The van der Waals surface area contributed by atoms with Crippen molar-refractivity contribution in [3.05, 3.63) is 30.4 Å². The zero-order valence-electron chi connectivity index (χ0n) is 17.4. The molecule has 0 bridgehead atoms. The van der Waals surface area contributed by atoms with Gasteiger partial charge in [-0.2, -0.15) is 0 Å². The Hall–Kier alpha value is -2.77.